The summed E-state index contributed by atoms with van der Waals surface area (Å²) in [5.41, 5.74) is 1.10. The molecule has 4 nitrogen and oxygen atoms in total. The van der Waals surface area contributed by atoms with Crippen molar-refractivity contribution in [1.82, 2.24) is 9.97 Å². The van der Waals surface area contributed by atoms with Crippen LogP contribution < -0.4 is 5.32 Å². The summed E-state index contributed by atoms with van der Waals surface area (Å²) in [5, 5.41) is 12.9. The van der Waals surface area contributed by atoms with Gasteiger partial charge in [0, 0.05) is 17.8 Å². The van der Waals surface area contributed by atoms with Crippen molar-refractivity contribution in [3.05, 3.63) is 18.1 Å². The average molecular weight is 249 g/mol. The van der Waals surface area contributed by atoms with Crippen molar-refractivity contribution in [2.75, 3.05) is 5.32 Å². The van der Waals surface area contributed by atoms with Gasteiger partial charge in [0.1, 0.15) is 12.1 Å². The first-order chi connectivity index (χ1) is 8.69. The summed E-state index contributed by atoms with van der Waals surface area (Å²) in [6.45, 7) is 4.35. The van der Waals surface area contributed by atoms with E-state index < -0.39 is 0 Å². The fourth-order valence-corrected chi connectivity index (χ4v) is 2.36. The molecular weight excluding hydrogens is 226 g/mol. The molecule has 1 unspecified atom stereocenters. The van der Waals surface area contributed by atoms with Crippen molar-refractivity contribution in [1.29, 1.82) is 0 Å². The van der Waals surface area contributed by atoms with Crippen LogP contribution in [0, 0.1) is 0 Å². The van der Waals surface area contributed by atoms with Gasteiger partial charge in [0.05, 0.1) is 6.10 Å². The molecule has 0 radical (unpaired) electrons. The number of aliphatic hydroxyl groups excluding tert-OH is 1. The standard InChI is InChI=1S/C14H23N3O/c1-3-10(2)13-8-14(16-9-15-13)17-11-4-6-12(18)7-5-11/h8-12,18H,3-7H2,1-2H3,(H,15,16,17). The lowest BCUT2D eigenvalue weighted by molar-refractivity contribution is 0.126. The van der Waals surface area contributed by atoms with Crippen molar-refractivity contribution in [2.45, 2.75) is 64.0 Å². The second-order valence-corrected chi connectivity index (χ2v) is 5.29. The van der Waals surface area contributed by atoms with Crippen LogP contribution in [0.25, 0.3) is 0 Å². The van der Waals surface area contributed by atoms with Crippen LogP contribution in [-0.2, 0) is 0 Å². The summed E-state index contributed by atoms with van der Waals surface area (Å²) in [5.74, 6) is 1.39. The number of aliphatic hydroxyl groups is 1. The van der Waals surface area contributed by atoms with Gasteiger partial charge in [-0.05, 0) is 38.0 Å². The molecule has 100 valence electrons. The molecule has 0 aromatic carbocycles. The minimum Gasteiger partial charge on any atom is -0.393 e. The van der Waals surface area contributed by atoms with Crippen LogP contribution in [0.4, 0.5) is 5.82 Å². The number of nitrogens with zero attached hydrogens (tertiary/aromatic N) is 2. The highest BCUT2D eigenvalue weighted by Crippen LogP contribution is 2.23. The zero-order valence-corrected chi connectivity index (χ0v) is 11.3. The normalized spacial score (nSPS) is 25.7. The minimum absolute atomic E-state index is 0.107. The van der Waals surface area contributed by atoms with Gasteiger partial charge in [0.2, 0.25) is 0 Å². The molecule has 1 atom stereocenters. The Bertz CT molecular complexity index is 375. The Labute approximate surface area is 109 Å². The lowest BCUT2D eigenvalue weighted by Gasteiger charge is -2.26. The number of aromatic nitrogens is 2. The molecule has 1 fully saturated rings. The molecule has 1 saturated carbocycles. The lowest BCUT2D eigenvalue weighted by atomic mass is 9.93. The third-order valence-corrected chi connectivity index (χ3v) is 3.85. The Morgan fingerprint density at radius 2 is 2.06 bits per heavy atom. The maximum absolute atomic E-state index is 9.49. The van der Waals surface area contributed by atoms with Crippen LogP contribution in [0.5, 0.6) is 0 Å². The zero-order valence-electron chi connectivity index (χ0n) is 11.3. The van der Waals surface area contributed by atoms with Gasteiger partial charge in [-0.25, -0.2) is 9.97 Å². The minimum atomic E-state index is -0.107. The fourth-order valence-electron chi connectivity index (χ4n) is 2.36. The van der Waals surface area contributed by atoms with Crippen molar-refractivity contribution in [3.63, 3.8) is 0 Å². The second-order valence-electron chi connectivity index (χ2n) is 5.29. The molecule has 18 heavy (non-hydrogen) atoms. The van der Waals surface area contributed by atoms with E-state index in [9.17, 15) is 5.11 Å². The predicted molar refractivity (Wildman–Crippen MR) is 72.6 cm³/mol. The third-order valence-electron chi connectivity index (χ3n) is 3.85. The molecule has 0 amide bonds. The Morgan fingerprint density at radius 1 is 1.33 bits per heavy atom. The number of hydrogen-bond donors (Lipinski definition) is 2. The van der Waals surface area contributed by atoms with Gasteiger partial charge in [-0.15, -0.1) is 0 Å². The molecule has 2 rings (SSSR count). The van der Waals surface area contributed by atoms with Crippen LogP contribution in [0.2, 0.25) is 0 Å². The van der Waals surface area contributed by atoms with E-state index in [2.05, 4.69) is 35.2 Å². The maximum atomic E-state index is 9.49. The van der Waals surface area contributed by atoms with Gasteiger partial charge >= 0.3 is 0 Å². The molecule has 1 aromatic heterocycles. The molecule has 0 aliphatic heterocycles. The van der Waals surface area contributed by atoms with Crippen molar-refractivity contribution < 1.29 is 5.11 Å². The largest absolute Gasteiger partial charge is 0.393 e. The van der Waals surface area contributed by atoms with Crippen LogP contribution in [-0.4, -0.2) is 27.2 Å². The van der Waals surface area contributed by atoms with E-state index in [1.807, 2.05) is 0 Å². The van der Waals surface area contributed by atoms with Crippen LogP contribution in [0.15, 0.2) is 12.4 Å². The summed E-state index contributed by atoms with van der Waals surface area (Å²) in [6.07, 6.45) is 6.44. The zero-order chi connectivity index (χ0) is 13.0. The quantitative estimate of drug-likeness (QED) is 0.861. The number of anilines is 1. The van der Waals surface area contributed by atoms with E-state index in [4.69, 9.17) is 0 Å². The van der Waals surface area contributed by atoms with E-state index >= 15 is 0 Å². The predicted octanol–water partition coefficient (Wildman–Crippen LogP) is 2.71. The topological polar surface area (TPSA) is 58.0 Å². The summed E-state index contributed by atoms with van der Waals surface area (Å²) in [7, 11) is 0. The summed E-state index contributed by atoms with van der Waals surface area (Å²) in [4.78, 5) is 8.61. The Balaban J connectivity index is 1.96. The molecular formula is C14H23N3O. The summed E-state index contributed by atoms with van der Waals surface area (Å²) >= 11 is 0. The lowest BCUT2D eigenvalue weighted by Crippen LogP contribution is -2.28. The maximum Gasteiger partial charge on any atom is 0.129 e. The van der Waals surface area contributed by atoms with Gasteiger partial charge in [0.25, 0.3) is 0 Å². The highest BCUT2D eigenvalue weighted by molar-refractivity contribution is 5.37. The van der Waals surface area contributed by atoms with E-state index in [1.54, 1.807) is 6.33 Å². The molecule has 0 spiro atoms. The molecule has 2 N–H and O–H groups in total. The van der Waals surface area contributed by atoms with E-state index in [0.29, 0.717) is 12.0 Å². The fraction of sp³-hybridized carbons (Fsp3) is 0.714. The SMILES string of the molecule is CCC(C)c1cc(NC2CCC(O)CC2)ncn1. The number of rotatable bonds is 4. The molecule has 1 aromatic rings. The van der Waals surface area contributed by atoms with Gasteiger partial charge in [-0.3, -0.25) is 0 Å². The summed E-state index contributed by atoms with van der Waals surface area (Å²) < 4.78 is 0. The number of nitrogens with one attached hydrogen (secondary N) is 1. The van der Waals surface area contributed by atoms with Crippen LogP contribution >= 0.6 is 0 Å². The van der Waals surface area contributed by atoms with Gasteiger partial charge in [-0.2, -0.15) is 0 Å². The van der Waals surface area contributed by atoms with Crippen LogP contribution in [0.3, 0.4) is 0 Å². The van der Waals surface area contributed by atoms with Gasteiger partial charge in [0.15, 0.2) is 0 Å². The van der Waals surface area contributed by atoms with Crippen molar-refractivity contribution in [3.8, 4) is 0 Å². The average Bonchev–Trinajstić information content (AvgIpc) is 2.41. The summed E-state index contributed by atoms with van der Waals surface area (Å²) in [6, 6.07) is 2.49. The van der Waals surface area contributed by atoms with Crippen molar-refractivity contribution >= 4 is 5.82 Å². The van der Waals surface area contributed by atoms with Gasteiger partial charge in [-0.1, -0.05) is 13.8 Å². The molecule has 1 heterocycles. The molecule has 1 aliphatic carbocycles. The third kappa shape index (κ3) is 3.42. The van der Waals surface area contributed by atoms with E-state index in [-0.39, 0.29) is 6.10 Å². The first-order valence-corrected chi connectivity index (χ1v) is 6.95. The molecule has 1 aliphatic rings. The highest BCUT2D eigenvalue weighted by atomic mass is 16.3. The second kappa shape index (κ2) is 6.14. The Hall–Kier alpha value is -1.16. The Morgan fingerprint density at radius 3 is 2.72 bits per heavy atom. The first kappa shape index (κ1) is 13.3. The van der Waals surface area contributed by atoms with E-state index in [0.717, 1.165) is 43.6 Å². The van der Waals surface area contributed by atoms with Crippen LogP contribution in [0.1, 0.15) is 57.6 Å². The smallest absolute Gasteiger partial charge is 0.129 e. The van der Waals surface area contributed by atoms with E-state index in [1.165, 1.54) is 0 Å². The monoisotopic (exact) mass is 249 g/mol. The molecule has 0 bridgehead atoms. The molecule has 4 heteroatoms. The number of hydrogen-bond acceptors (Lipinski definition) is 4. The molecule has 0 saturated heterocycles. The van der Waals surface area contributed by atoms with Gasteiger partial charge < -0.3 is 10.4 Å². The first-order valence-electron chi connectivity index (χ1n) is 6.95. The highest BCUT2D eigenvalue weighted by Gasteiger charge is 2.19. The van der Waals surface area contributed by atoms with Crippen molar-refractivity contribution in [2.24, 2.45) is 0 Å². The Kier molecular flexibility index (Phi) is 4.53.